The maximum Gasteiger partial charge on any atom is 0.418 e. The number of carbonyl (C=O) groups is 1. The van der Waals surface area contributed by atoms with Crippen LogP contribution >= 0.6 is 0 Å². The van der Waals surface area contributed by atoms with Crippen LogP contribution in [0.4, 0.5) is 23.7 Å². The van der Waals surface area contributed by atoms with E-state index in [4.69, 9.17) is 4.74 Å². The lowest BCUT2D eigenvalue weighted by molar-refractivity contribution is -0.136. The highest BCUT2D eigenvalue weighted by molar-refractivity contribution is 5.90. The van der Waals surface area contributed by atoms with Crippen molar-refractivity contribution in [2.75, 3.05) is 45.7 Å². The molecule has 8 heteroatoms. The molecule has 140 valence electrons. The second-order valence-corrected chi connectivity index (χ2v) is 6.36. The van der Waals surface area contributed by atoms with Gasteiger partial charge in [-0.2, -0.15) is 13.2 Å². The number of anilines is 1. The Morgan fingerprint density at radius 3 is 2.60 bits per heavy atom. The molecule has 2 amide bonds. The number of nitrogens with zero attached hydrogens (tertiary/aromatic N) is 2. The fourth-order valence-corrected chi connectivity index (χ4v) is 2.66. The highest BCUT2D eigenvalue weighted by atomic mass is 19.4. The van der Waals surface area contributed by atoms with Crippen LogP contribution in [0.15, 0.2) is 24.3 Å². The molecular formula is C17H24F3N3O2. The molecule has 1 aromatic rings. The van der Waals surface area contributed by atoms with Gasteiger partial charge >= 0.3 is 12.2 Å². The quantitative estimate of drug-likeness (QED) is 0.848. The summed E-state index contributed by atoms with van der Waals surface area (Å²) in [6.45, 7) is 2.05. The number of hydrogen-bond donors (Lipinski definition) is 1. The van der Waals surface area contributed by atoms with Gasteiger partial charge in [0, 0.05) is 26.2 Å². The molecule has 1 aliphatic heterocycles. The second-order valence-electron chi connectivity index (χ2n) is 6.36. The Hall–Kier alpha value is -1.80. The van der Waals surface area contributed by atoms with Crippen molar-refractivity contribution in [3.05, 3.63) is 29.8 Å². The first-order chi connectivity index (χ1) is 11.8. The molecule has 0 saturated carbocycles. The van der Waals surface area contributed by atoms with Gasteiger partial charge in [-0.1, -0.05) is 12.1 Å². The number of rotatable bonds is 6. The highest BCUT2D eigenvalue weighted by Gasteiger charge is 2.34. The summed E-state index contributed by atoms with van der Waals surface area (Å²) in [4.78, 5) is 16.0. The van der Waals surface area contributed by atoms with Gasteiger partial charge in [-0.3, -0.25) is 0 Å². The molecule has 2 rings (SSSR count). The molecule has 1 heterocycles. The van der Waals surface area contributed by atoms with Gasteiger partial charge in [0.25, 0.3) is 0 Å². The summed E-state index contributed by atoms with van der Waals surface area (Å²) in [6, 6.07) is 4.44. The molecular weight excluding hydrogens is 335 g/mol. The van der Waals surface area contributed by atoms with Gasteiger partial charge in [-0.15, -0.1) is 0 Å². The number of alkyl halides is 3. The maximum absolute atomic E-state index is 13.1. The van der Waals surface area contributed by atoms with Crippen LogP contribution in [0.25, 0.3) is 0 Å². The number of halogens is 3. The van der Waals surface area contributed by atoms with Gasteiger partial charge in [0.05, 0.1) is 17.4 Å². The van der Waals surface area contributed by atoms with Crippen LogP contribution < -0.4 is 5.32 Å². The molecule has 0 unspecified atom stereocenters. The summed E-state index contributed by atoms with van der Waals surface area (Å²) in [5.74, 6) is 0. The van der Waals surface area contributed by atoms with Crippen molar-refractivity contribution in [3.8, 4) is 0 Å². The molecule has 5 nitrogen and oxygen atoms in total. The first-order valence-corrected chi connectivity index (χ1v) is 8.26. The number of hydrogen-bond acceptors (Lipinski definition) is 3. The van der Waals surface area contributed by atoms with E-state index in [0.29, 0.717) is 26.2 Å². The van der Waals surface area contributed by atoms with Crippen molar-refractivity contribution in [1.82, 2.24) is 9.80 Å². The van der Waals surface area contributed by atoms with Gasteiger partial charge in [0.2, 0.25) is 0 Å². The Kier molecular flexibility index (Phi) is 6.66. The van der Waals surface area contributed by atoms with Crippen molar-refractivity contribution in [2.45, 2.75) is 25.1 Å². The van der Waals surface area contributed by atoms with E-state index in [9.17, 15) is 18.0 Å². The zero-order chi connectivity index (χ0) is 18.4. The van der Waals surface area contributed by atoms with Crippen LogP contribution in [-0.2, 0) is 10.9 Å². The van der Waals surface area contributed by atoms with Crippen molar-refractivity contribution >= 4 is 11.7 Å². The number of benzene rings is 1. The standard InChI is InChI=1S/C17H24F3N3O2/c1-22(2)9-10-23(12-13-6-5-11-25-13)16(24)21-15-8-4-3-7-14(15)17(18,19)20/h3-4,7-8,13H,5-6,9-12H2,1-2H3,(H,21,24)/t13-/m0/s1. The predicted molar refractivity (Wildman–Crippen MR) is 89.6 cm³/mol. The molecule has 1 aliphatic rings. The Morgan fingerprint density at radius 1 is 1.28 bits per heavy atom. The summed E-state index contributed by atoms with van der Waals surface area (Å²) in [5.41, 5.74) is -1.09. The van der Waals surface area contributed by atoms with E-state index in [1.165, 1.54) is 23.1 Å². The Labute approximate surface area is 145 Å². The average molecular weight is 359 g/mol. The lowest BCUT2D eigenvalue weighted by Crippen LogP contribution is -2.43. The van der Waals surface area contributed by atoms with Crippen LogP contribution in [0.3, 0.4) is 0 Å². The Bertz CT molecular complexity index is 573. The van der Waals surface area contributed by atoms with E-state index in [0.717, 1.165) is 18.9 Å². The Balaban J connectivity index is 2.10. The van der Waals surface area contributed by atoms with Crippen molar-refractivity contribution in [2.24, 2.45) is 0 Å². The average Bonchev–Trinajstić information content (AvgIpc) is 3.03. The summed E-state index contributed by atoms with van der Waals surface area (Å²) in [6.07, 6.45) is -2.80. The third-order valence-corrected chi connectivity index (χ3v) is 4.03. The van der Waals surface area contributed by atoms with Gasteiger partial charge in [0.1, 0.15) is 0 Å². The first-order valence-electron chi connectivity index (χ1n) is 8.26. The smallest absolute Gasteiger partial charge is 0.376 e. The minimum absolute atomic E-state index is 0.0641. The van der Waals surface area contributed by atoms with Crippen molar-refractivity contribution in [3.63, 3.8) is 0 Å². The molecule has 1 aromatic carbocycles. The lowest BCUT2D eigenvalue weighted by atomic mass is 10.1. The number of carbonyl (C=O) groups excluding carboxylic acids is 1. The van der Waals surface area contributed by atoms with Crippen molar-refractivity contribution in [1.29, 1.82) is 0 Å². The minimum Gasteiger partial charge on any atom is -0.376 e. The summed E-state index contributed by atoms with van der Waals surface area (Å²) in [7, 11) is 3.75. The topological polar surface area (TPSA) is 44.8 Å². The lowest BCUT2D eigenvalue weighted by Gasteiger charge is -2.27. The monoisotopic (exact) mass is 359 g/mol. The summed E-state index contributed by atoms with van der Waals surface area (Å²) < 4.78 is 44.8. The molecule has 0 radical (unpaired) electrons. The van der Waals surface area contributed by atoms with E-state index >= 15 is 0 Å². The van der Waals surface area contributed by atoms with Crippen LogP contribution in [0.5, 0.6) is 0 Å². The van der Waals surface area contributed by atoms with Crippen LogP contribution in [0.1, 0.15) is 18.4 Å². The largest absolute Gasteiger partial charge is 0.418 e. The zero-order valence-electron chi connectivity index (χ0n) is 14.5. The van der Waals surface area contributed by atoms with Gasteiger partial charge in [-0.05, 0) is 39.1 Å². The van der Waals surface area contributed by atoms with E-state index < -0.39 is 17.8 Å². The molecule has 1 saturated heterocycles. The number of urea groups is 1. The fourth-order valence-electron chi connectivity index (χ4n) is 2.66. The first kappa shape index (κ1) is 19.5. The SMILES string of the molecule is CN(C)CCN(C[C@@H]1CCCO1)C(=O)Nc1ccccc1C(F)(F)F. The summed E-state index contributed by atoms with van der Waals surface area (Å²) in [5, 5.41) is 2.41. The van der Waals surface area contributed by atoms with Gasteiger partial charge in [0.15, 0.2) is 0 Å². The van der Waals surface area contributed by atoms with Crippen LogP contribution in [0, 0.1) is 0 Å². The number of nitrogens with one attached hydrogen (secondary N) is 1. The number of ether oxygens (including phenoxy) is 1. The maximum atomic E-state index is 13.1. The fraction of sp³-hybridized carbons (Fsp3) is 0.588. The zero-order valence-corrected chi connectivity index (χ0v) is 14.5. The molecule has 1 fully saturated rings. The molecule has 0 bridgehead atoms. The molecule has 25 heavy (non-hydrogen) atoms. The molecule has 0 spiro atoms. The normalized spacial score (nSPS) is 17.8. The highest BCUT2D eigenvalue weighted by Crippen LogP contribution is 2.34. The van der Waals surface area contributed by atoms with Gasteiger partial charge in [-0.25, -0.2) is 4.79 Å². The molecule has 0 aromatic heterocycles. The van der Waals surface area contributed by atoms with Crippen LogP contribution in [0.2, 0.25) is 0 Å². The molecule has 1 atom stereocenters. The second kappa shape index (κ2) is 8.53. The van der Waals surface area contributed by atoms with E-state index in [2.05, 4.69) is 5.32 Å². The minimum atomic E-state index is -4.52. The van der Waals surface area contributed by atoms with Crippen LogP contribution in [-0.4, -0.2) is 62.3 Å². The predicted octanol–water partition coefficient (Wildman–Crippen LogP) is 3.28. The van der Waals surface area contributed by atoms with Crippen molar-refractivity contribution < 1.29 is 22.7 Å². The number of likely N-dealkylation sites (N-methyl/N-ethyl adjacent to an activating group) is 1. The van der Waals surface area contributed by atoms with E-state index in [1.54, 1.807) is 0 Å². The number of amides is 2. The molecule has 0 aliphatic carbocycles. The summed E-state index contributed by atoms with van der Waals surface area (Å²) >= 11 is 0. The number of para-hydroxylation sites is 1. The molecule has 1 N–H and O–H groups in total. The Morgan fingerprint density at radius 2 is 2.00 bits per heavy atom. The van der Waals surface area contributed by atoms with E-state index in [-0.39, 0.29) is 11.8 Å². The van der Waals surface area contributed by atoms with Gasteiger partial charge < -0.3 is 19.9 Å². The third kappa shape index (κ3) is 5.89. The third-order valence-electron chi connectivity index (χ3n) is 4.03. The van der Waals surface area contributed by atoms with E-state index in [1.807, 2.05) is 19.0 Å².